The molecule has 1 aromatic heterocycles. The smallest absolute Gasteiger partial charge is 0.232 e. The van der Waals surface area contributed by atoms with E-state index in [4.69, 9.17) is 0 Å². The van der Waals surface area contributed by atoms with Crippen molar-refractivity contribution in [2.75, 3.05) is 4.90 Å². The number of rotatable bonds is 2. The fourth-order valence-corrected chi connectivity index (χ4v) is 4.94. The molecule has 3 nitrogen and oxygen atoms in total. The molecule has 4 rings (SSSR count). The normalized spacial score (nSPS) is 20.9. The number of ketones is 1. The highest BCUT2D eigenvalue weighted by Gasteiger charge is 2.40. The van der Waals surface area contributed by atoms with Gasteiger partial charge in [0.2, 0.25) is 5.91 Å². The molecular weight excluding hydrogens is 330 g/mol. The van der Waals surface area contributed by atoms with Gasteiger partial charge >= 0.3 is 0 Å². The van der Waals surface area contributed by atoms with Gasteiger partial charge in [-0.15, -0.1) is 11.3 Å². The SMILES string of the molecule is Cc1cc(C)cc(N2C(=O)CC(c3cccs3)C3=C2CCCC3=O)c1. The van der Waals surface area contributed by atoms with Gasteiger partial charge in [0.25, 0.3) is 0 Å². The van der Waals surface area contributed by atoms with Crippen molar-refractivity contribution in [3.63, 3.8) is 0 Å². The molecule has 0 saturated heterocycles. The minimum absolute atomic E-state index is 0.0718. The predicted octanol–water partition coefficient (Wildman–Crippen LogP) is 4.89. The Morgan fingerprint density at radius 1 is 1.08 bits per heavy atom. The quantitative estimate of drug-likeness (QED) is 0.772. The molecule has 25 heavy (non-hydrogen) atoms. The van der Waals surface area contributed by atoms with Gasteiger partial charge in [-0.1, -0.05) is 12.1 Å². The van der Waals surface area contributed by atoms with Crippen molar-refractivity contribution in [1.82, 2.24) is 0 Å². The molecule has 0 radical (unpaired) electrons. The molecule has 128 valence electrons. The summed E-state index contributed by atoms with van der Waals surface area (Å²) in [6.45, 7) is 4.08. The number of amides is 1. The Balaban J connectivity index is 1.88. The van der Waals surface area contributed by atoms with Crippen LogP contribution in [0.1, 0.15) is 47.6 Å². The lowest BCUT2D eigenvalue weighted by atomic mass is 9.79. The van der Waals surface area contributed by atoms with Crippen LogP contribution in [0.5, 0.6) is 0 Å². The molecule has 0 spiro atoms. The zero-order valence-corrected chi connectivity index (χ0v) is 15.4. The number of allylic oxidation sites excluding steroid dienone is 2. The number of carbonyl (C=O) groups excluding carboxylic acids is 2. The fourth-order valence-electron chi connectivity index (χ4n) is 4.10. The van der Waals surface area contributed by atoms with Crippen molar-refractivity contribution in [2.45, 2.75) is 45.4 Å². The Bertz CT molecular complexity index is 859. The van der Waals surface area contributed by atoms with Crippen molar-refractivity contribution in [1.29, 1.82) is 0 Å². The van der Waals surface area contributed by atoms with Crippen molar-refractivity contribution >= 4 is 28.7 Å². The lowest BCUT2D eigenvalue weighted by molar-refractivity contribution is -0.119. The highest BCUT2D eigenvalue weighted by Crippen LogP contribution is 2.44. The van der Waals surface area contributed by atoms with Gasteiger partial charge in [0.1, 0.15) is 0 Å². The van der Waals surface area contributed by atoms with Crippen LogP contribution in [-0.4, -0.2) is 11.7 Å². The molecule has 1 aromatic carbocycles. The second kappa shape index (κ2) is 6.26. The first kappa shape index (κ1) is 16.3. The van der Waals surface area contributed by atoms with E-state index in [0.717, 1.165) is 45.8 Å². The summed E-state index contributed by atoms with van der Waals surface area (Å²) >= 11 is 1.63. The number of benzene rings is 1. The lowest BCUT2D eigenvalue weighted by Gasteiger charge is -2.38. The zero-order chi connectivity index (χ0) is 17.6. The number of nitrogens with zero attached hydrogens (tertiary/aromatic N) is 1. The van der Waals surface area contributed by atoms with Crippen LogP contribution in [0.2, 0.25) is 0 Å². The first-order chi connectivity index (χ1) is 12.0. The van der Waals surface area contributed by atoms with E-state index in [1.165, 1.54) is 0 Å². The van der Waals surface area contributed by atoms with E-state index < -0.39 is 0 Å². The number of carbonyl (C=O) groups is 2. The lowest BCUT2D eigenvalue weighted by Crippen LogP contribution is -2.40. The first-order valence-corrected chi connectivity index (χ1v) is 9.63. The van der Waals surface area contributed by atoms with E-state index in [1.807, 2.05) is 48.4 Å². The molecule has 0 saturated carbocycles. The van der Waals surface area contributed by atoms with Gasteiger partial charge in [-0.2, -0.15) is 0 Å². The van der Waals surface area contributed by atoms with Crippen LogP contribution in [0.3, 0.4) is 0 Å². The van der Waals surface area contributed by atoms with E-state index >= 15 is 0 Å². The highest BCUT2D eigenvalue weighted by molar-refractivity contribution is 7.10. The number of Topliss-reactive ketones (excluding diaryl/α,β-unsaturated/α-hetero) is 1. The van der Waals surface area contributed by atoms with Gasteiger partial charge in [-0.3, -0.25) is 14.5 Å². The van der Waals surface area contributed by atoms with E-state index in [9.17, 15) is 9.59 Å². The molecule has 2 heterocycles. The van der Waals surface area contributed by atoms with Gasteiger partial charge < -0.3 is 0 Å². The number of hydrogen-bond donors (Lipinski definition) is 0. The molecule has 0 bridgehead atoms. The monoisotopic (exact) mass is 351 g/mol. The van der Waals surface area contributed by atoms with Gasteiger partial charge in [0, 0.05) is 40.6 Å². The topological polar surface area (TPSA) is 37.4 Å². The minimum atomic E-state index is -0.0718. The number of anilines is 1. The van der Waals surface area contributed by atoms with Gasteiger partial charge in [0.05, 0.1) is 0 Å². The van der Waals surface area contributed by atoms with Crippen LogP contribution in [0.25, 0.3) is 0 Å². The van der Waals surface area contributed by atoms with Crippen LogP contribution in [0.4, 0.5) is 5.69 Å². The molecule has 2 aliphatic rings. The molecule has 0 fully saturated rings. The largest absolute Gasteiger partial charge is 0.294 e. The van der Waals surface area contributed by atoms with Crippen molar-refractivity contribution in [3.05, 3.63) is 63.0 Å². The second-order valence-electron chi connectivity index (χ2n) is 6.98. The van der Waals surface area contributed by atoms with Crippen LogP contribution in [0.15, 0.2) is 47.0 Å². The van der Waals surface area contributed by atoms with Crippen molar-refractivity contribution in [2.24, 2.45) is 0 Å². The Morgan fingerprint density at radius 2 is 1.84 bits per heavy atom. The Labute approximate surface area is 152 Å². The maximum absolute atomic E-state index is 13.1. The van der Waals surface area contributed by atoms with Crippen LogP contribution < -0.4 is 4.90 Å². The summed E-state index contributed by atoms with van der Waals surface area (Å²) in [4.78, 5) is 28.8. The molecular formula is C21H21NO2S. The third kappa shape index (κ3) is 2.85. The van der Waals surface area contributed by atoms with Crippen molar-refractivity contribution < 1.29 is 9.59 Å². The van der Waals surface area contributed by atoms with E-state index in [2.05, 4.69) is 6.07 Å². The maximum atomic E-state index is 13.1. The zero-order valence-electron chi connectivity index (χ0n) is 14.5. The summed E-state index contributed by atoms with van der Waals surface area (Å²) < 4.78 is 0. The molecule has 0 N–H and O–H groups in total. The maximum Gasteiger partial charge on any atom is 0.232 e. The average Bonchev–Trinajstić information content (AvgIpc) is 3.07. The molecule has 1 aliphatic carbocycles. The number of thiophene rings is 1. The third-order valence-corrected chi connectivity index (χ3v) is 6.01. The minimum Gasteiger partial charge on any atom is -0.294 e. The van der Waals surface area contributed by atoms with Crippen LogP contribution >= 0.6 is 11.3 Å². The average molecular weight is 351 g/mol. The molecule has 1 amide bonds. The summed E-state index contributed by atoms with van der Waals surface area (Å²) in [5, 5.41) is 2.02. The summed E-state index contributed by atoms with van der Waals surface area (Å²) in [6.07, 6.45) is 2.58. The standard InChI is InChI=1S/C21H21NO2S/c1-13-9-14(2)11-15(10-13)22-17-5-3-6-18(23)21(17)16(12-20(22)24)19-7-4-8-25-19/h4,7-11,16H,3,5-6,12H2,1-2H3. The summed E-state index contributed by atoms with van der Waals surface area (Å²) in [6, 6.07) is 10.2. The summed E-state index contributed by atoms with van der Waals surface area (Å²) in [7, 11) is 0. The first-order valence-electron chi connectivity index (χ1n) is 8.75. The fraction of sp³-hybridized carbons (Fsp3) is 0.333. The molecule has 4 heteroatoms. The van der Waals surface area contributed by atoms with E-state index in [1.54, 1.807) is 11.3 Å². The van der Waals surface area contributed by atoms with Gasteiger partial charge in [0.15, 0.2) is 5.78 Å². The summed E-state index contributed by atoms with van der Waals surface area (Å²) in [5.74, 6) is 0.232. The van der Waals surface area contributed by atoms with Gasteiger partial charge in [-0.05, 0) is 61.4 Å². The number of aryl methyl sites for hydroxylation is 2. The predicted molar refractivity (Wildman–Crippen MR) is 101 cm³/mol. The molecule has 2 aromatic rings. The van der Waals surface area contributed by atoms with Crippen LogP contribution in [0, 0.1) is 13.8 Å². The Morgan fingerprint density at radius 3 is 2.52 bits per heavy atom. The third-order valence-electron chi connectivity index (χ3n) is 5.03. The van der Waals surface area contributed by atoms with Crippen molar-refractivity contribution in [3.8, 4) is 0 Å². The molecule has 1 atom stereocenters. The summed E-state index contributed by atoms with van der Waals surface area (Å²) in [5.41, 5.74) is 4.96. The Kier molecular flexibility index (Phi) is 4.08. The Hall–Kier alpha value is -2.20. The molecule has 1 aliphatic heterocycles. The van der Waals surface area contributed by atoms with Gasteiger partial charge in [-0.25, -0.2) is 0 Å². The highest BCUT2D eigenvalue weighted by atomic mass is 32.1. The number of hydrogen-bond acceptors (Lipinski definition) is 3. The van der Waals surface area contributed by atoms with E-state index in [0.29, 0.717) is 12.8 Å². The molecule has 1 unspecified atom stereocenters. The van der Waals surface area contributed by atoms with E-state index in [-0.39, 0.29) is 17.6 Å². The van der Waals surface area contributed by atoms with Crippen LogP contribution in [-0.2, 0) is 9.59 Å². The second-order valence-corrected chi connectivity index (χ2v) is 7.96.